The molecule has 2 rings (SSSR count). The van der Waals surface area contributed by atoms with Gasteiger partial charge in [-0.2, -0.15) is 5.10 Å². The normalized spacial score (nSPS) is 11.5. The molecule has 0 unspecified atom stereocenters. The minimum absolute atomic E-state index is 0.0187. The van der Waals surface area contributed by atoms with Gasteiger partial charge in [0.2, 0.25) is 11.8 Å². The van der Waals surface area contributed by atoms with Crippen molar-refractivity contribution < 1.29 is 14.3 Å². The lowest BCUT2D eigenvalue weighted by Gasteiger charge is -2.22. The number of benzene rings is 1. The van der Waals surface area contributed by atoms with Crippen molar-refractivity contribution in [2.75, 3.05) is 25.5 Å². The van der Waals surface area contributed by atoms with Gasteiger partial charge in [0.15, 0.2) is 0 Å². The fourth-order valence-electron chi connectivity index (χ4n) is 3.04. The number of aromatic nitrogens is 2. The van der Waals surface area contributed by atoms with Gasteiger partial charge in [0.05, 0.1) is 25.0 Å². The molecule has 0 atom stereocenters. The van der Waals surface area contributed by atoms with Gasteiger partial charge in [0.1, 0.15) is 11.6 Å². The van der Waals surface area contributed by atoms with Crippen molar-refractivity contribution in [3.8, 4) is 11.4 Å². The maximum Gasteiger partial charge on any atom is 0.245 e. The molecule has 1 N–H and O–H groups in total. The fraction of sp³-hybridized carbons (Fsp3) is 0.542. The molecule has 7 heteroatoms. The van der Waals surface area contributed by atoms with Crippen molar-refractivity contribution in [1.82, 2.24) is 14.7 Å². The summed E-state index contributed by atoms with van der Waals surface area (Å²) in [5.41, 5.74) is 1.49. The Bertz CT molecular complexity index is 879. The van der Waals surface area contributed by atoms with Gasteiger partial charge in [0.25, 0.3) is 0 Å². The Kier molecular flexibility index (Phi) is 8.25. The van der Waals surface area contributed by atoms with Crippen LogP contribution >= 0.6 is 0 Å². The van der Waals surface area contributed by atoms with Gasteiger partial charge >= 0.3 is 0 Å². The van der Waals surface area contributed by atoms with E-state index in [2.05, 4.69) is 39.9 Å². The SMILES string of the molecule is CCC(=O)N(CCC(C)C)CC(=O)Nc1cc(C(C)(C)C)nn1-c1ccc(OC)cc1. The Labute approximate surface area is 185 Å². The average molecular weight is 429 g/mol. The molecule has 0 radical (unpaired) electrons. The van der Waals surface area contributed by atoms with E-state index in [1.807, 2.05) is 37.3 Å². The molecule has 0 saturated carbocycles. The van der Waals surface area contributed by atoms with Crippen LogP contribution in [0.3, 0.4) is 0 Å². The van der Waals surface area contributed by atoms with E-state index in [0.29, 0.717) is 24.7 Å². The molecule has 0 aliphatic carbocycles. The molecule has 1 heterocycles. The second kappa shape index (κ2) is 10.5. The predicted molar refractivity (Wildman–Crippen MR) is 124 cm³/mol. The maximum atomic E-state index is 12.9. The van der Waals surface area contributed by atoms with Crippen molar-refractivity contribution in [3.05, 3.63) is 36.0 Å². The van der Waals surface area contributed by atoms with Gasteiger partial charge in [-0.15, -0.1) is 0 Å². The van der Waals surface area contributed by atoms with Crippen LogP contribution in [0.4, 0.5) is 5.82 Å². The van der Waals surface area contributed by atoms with Crippen molar-refractivity contribution >= 4 is 17.6 Å². The molecule has 7 nitrogen and oxygen atoms in total. The number of nitrogens with one attached hydrogen (secondary N) is 1. The summed E-state index contributed by atoms with van der Waals surface area (Å²) in [7, 11) is 1.62. The largest absolute Gasteiger partial charge is 0.497 e. The van der Waals surface area contributed by atoms with Crippen LogP contribution in [0.2, 0.25) is 0 Å². The van der Waals surface area contributed by atoms with Crippen LogP contribution in [0.1, 0.15) is 60.1 Å². The molecule has 1 aromatic heterocycles. The van der Waals surface area contributed by atoms with Crippen LogP contribution in [0, 0.1) is 5.92 Å². The van der Waals surface area contributed by atoms with Crippen molar-refractivity contribution in [3.63, 3.8) is 0 Å². The molecular weight excluding hydrogens is 392 g/mol. The van der Waals surface area contributed by atoms with Crippen LogP contribution in [0.15, 0.2) is 30.3 Å². The van der Waals surface area contributed by atoms with Gasteiger partial charge in [-0.25, -0.2) is 4.68 Å². The van der Waals surface area contributed by atoms with Crippen LogP contribution < -0.4 is 10.1 Å². The number of anilines is 1. The Morgan fingerprint density at radius 3 is 2.35 bits per heavy atom. The zero-order valence-electron chi connectivity index (χ0n) is 19.9. The molecular formula is C24H36N4O3. The van der Waals surface area contributed by atoms with Crippen molar-refractivity contribution in [2.45, 2.75) is 59.8 Å². The van der Waals surface area contributed by atoms with Gasteiger partial charge in [-0.05, 0) is 36.6 Å². The monoisotopic (exact) mass is 428 g/mol. The molecule has 2 aromatic rings. The Morgan fingerprint density at radius 2 is 1.84 bits per heavy atom. The molecule has 1 aromatic carbocycles. The number of carbonyl (C=O) groups is 2. The van der Waals surface area contributed by atoms with Gasteiger partial charge in [-0.1, -0.05) is 41.5 Å². The molecule has 31 heavy (non-hydrogen) atoms. The maximum absolute atomic E-state index is 12.9. The van der Waals surface area contributed by atoms with E-state index < -0.39 is 0 Å². The molecule has 0 fully saturated rings. The van der Waals surface area contributed by atoms with E-state index in [1.165, 1.54) is 0 Å². The summed E-state index contributed by atoms with van der Waals surface area (Å²) in [6, 6.07) is 9.38. The highest BCUT2D eigenvalue weighted by atomic mass is 16.5. The number of methoxy groups -OCH3 is 1. The summed E-state index contributed by atoms with van der Waals surface area (Å²) in [4.78, 5) is 26.8. The summed E-state index contributed by atoms with van der Waals surface area (Å²) in [5.74, 6) is 1.53. The summed E-state index contributed by atoms with van der Waals surface area (Å²) in [6.45, 7) is 12.9. The first-order chi connectivity index (χ1) is 14.5. The molecule has 0 spiro atoms. The number of hydrogen-bond donors (Lipinski definition) is 1. The lowest BCUT2D eigenvalue weighted by molar-refractivity contribution is -0.134. The van der Waals surface area contributed by atoms with Crippen LogP contribution in [-0.2, 0) is 15.0 Å². The smallest absolute Gasteiger partial charge is 0.245 e. The number of carbonyl (C=O) groups excluding carboxylic acids is 2. The van der Waals surface area contributed by atoms with Gasteiger partial charge in [0, 0.05) is 24.4 Å². The van der Waals surface area contributed by atoms with Crippen LogP contribution in [0.25, 0.3) is 5.69 Å². The molecule has 0 saturated heterocycles. The van der Waals surface area contributed by atoms with Gasteiger partial charge in [-0.3, -0.25) is 9.59 Å². The summed E-state index contributed by atoms with van der Waals surface area (Å²) in [6.07, 6.45) is 1.24. The Balaban J connectivity index is 2.27. The molecule has 0 aliphatic rings. The second-order valence-electron chi connectivity index (χ2n) is 9.17. The number of nitrogens with zero attached hydrogens (tertiary/aromatic N) is 3. The van der Waals surface area contributed by atoms with Crippen LogP contribution in [0.5, 0.6) is 5.75 Å². The highest BCUT2D eigenvalue weighted by Gasteiger charge is 2.23. The second-order valence-corrected chi connectivity index (χ2v) is 9.17. The molecule has 0 bridgehead atoms. The Hall–Kier alpha value is -2.83. The number of ether oxygens (including phenoxy) is 1. The molecule has 2 amide bonds. The third-order valence-electron chi connectivity index (χ3n) is 5.03. The zero-order chi connectivity index (χ0) is 23.2. The minimum atomic E-state index is -0.235. The van der Waals surface area contributed by atoms with E-state index in [-0.39, 0.29) is 23.8 Å². The highest BCUT2D eigenvalue weighted by Crippen LogP contribution is 2.27. The van der Waals surface area contributed by atoms with E-state index >= 15 is 0 Å². The quantitative estimate of drug-likeness (QED) is 0.642. The summed E-state index contributed by atoms with van der Waals surface area (Å²) < 4.78 is 6.96. The van der Waals surface area contributed by atoms with E-state index in [1.54, 1.807) is 16.7 Å². The highest BCUT2D eigenvalue weighted by molar-refractivity contribution is 5.94. The average Bonchev–Trinajstić information content (AvgIpc) is 3.14. The fourth-order valence-corrected chi connectivity index (χ4v) is 3.04. The predicted octanol–water partition coefficient (Wildman–Crippen LogP) is 4.40. The van der Waals surface area contributed by atoms with E-state index in [4.69, 9.17) is 9.84 Å². The zero-order valence-corrected chi connectivity index (χ0v) is 19.9. The summed E-state index contributed by atoms with van der Waals surface area (Å²) in [5, 5.41) is 7.69. The standard InChI is InChI=1S/C24H36N4O3/c1-8-23(30)27(14-13-17(2)3)16-22(29)25-21-15-20(24(4,5)6)26-28(21)18-9-11-19(31-7)12-10-18/h9-12,15,17H,8,13-14,16H2,1-7H3,(H,25,29). The van der Waals surface area contributed by atoms with Gasteiger partial charge < -0.3 is 15.0 Å². The summed E-state index contributed by atoms with van der Waals surface area (Å²) >= 11 is 0. The first-order valence-corrected chi connectivity index (χ1v) is 10.9. The van der Waals surface area contributed by atoms with E-state index in [9.17, 15) is 9.59 Å². The first-order valence-electron chi connectivity index (χ1n) is 10.9. The van der Waals surface area contributed by atoms with Crippen molar-refractivity contribution in [1.29, 1.82) is 0 Å². The van der Waals surface area contributed by atoms with Crippen molar-refractivity contribution in [2.24, 2.45) is 5.92 Å². The lowest BCUT2D eigenvalue weighted by atomic mass is 9.92. The minimum Gasteiger partial charge on any atom is -0.497 e. The van der Waals surface area contributed by atoms with E-state index in [0.717, 1.165) is 23.6 Å². The topological polar surface area (TPSA) is 76.5 Å². The third kappa shape index (κ3) is 6.84. The molecule has 0 aliphatic heterocycles. The number of rotatable bonds is 9. The third-order valence-corrected chi connectivity index (χ3v) is 5.03. The Morgan fingerprint density at radius 1 is 1.19 bits per heavy atom. The first kappa shape index (κ1) is 24.4. The van der Waals surface area contributed by atoms with Crippen LogP contribution in [-0.4, -0.2) is 46.7 Å². The number of amides is 2. The number of hydrogen-bond acceptors (Lipinski definition) is 4. The lowest BCUT2D eigenvalue weighted by Crippen LogP contribution is -2.38. The molecule has 170 valence electrons.